The van der Waals surface area contributed by atoms with E-state index in [1.165, 1.54) is 0 Å². The van der Waals surface area contributed by atoms with Crippen molar-refractivity contribution in [2.45, 2.75) is 63.1 Å². The molecular formula is C27H33Cl2N5O3. The molecule has 2 aromatic rings. The molecule has 0 unspecified atom stereocenters. The van der Waals surface area contributed by atoms with Crippen molar-refractivity contribution in [3.63, 3.8) is 0 Å². The van der Waals surface area contributed by atoms with E-state index < -0.39 is 0 Å². The maximum atomic E-state index is 13.7. The number of anilines is 2. The topological polar surface area (TPSA) is 79.8 Å². The molecular weight excluding hydrogens is 513 g/mol. The maximum Gasteiger partial charge on any atom is 0.272 e. The van der Waals surface area contributed by atoms with Gasteiger partial charge in [-0.3, -0.25) is 9.69 Å². The van der Waals surface area contributed by atoms with Gasteiger partial charge in [0.25, 0.3) is 5.91 Å². The Morgan fingerprint density at radius 3 is 2.59 bits per heavy atom. The van der Waals surface area contributed by atoms with Gasteiger partial charge in [-0.05, 0) is 57.2 Å². The Bertz CT molecular complexity index is 1170. The van der Waals surface area contributed by atoms with Crippen molar-refractivity contribution in [3.05, 3.63) is 45.3 Å². The highest BCUT2D eigenvalue weighted by Gasteiger charge is 2.40. The van der Waals surface area contributed by atoms with Crippen LogP contribution < -0.4 is 5.32 Å². The predicted octanol–water partition coefficient (Wildman–Crippen LogP) is 4.81. The van der Waals surface area contributed by atoms with Crippen molar-refractivity contribution < 1.29 is 14.3 Å². The fourth-order valence-corrected chi connectivity index (χ4v) is 6.11. The molecule has 37 heavy (non-hydrogen) atoms. The number of amides is 1. The molecule has 1 amide bonds. The molecule has 3 aliphatic heterocycles. The number of hydrogen-bond acceptors (Lipinski definition) is 7. The second kappa shape index (κ2) is 10.7. The number of morpholine rings is 1. The summed E-state index contributed by atoms with van der Waals surface area (Å²) in [6.45, 7) is 6.57. The van der Waals surface area contributed by atoms with Crippen molar-refractivity contribution in [2.75, 3.05) is 44.8 Å². The number of nitrogens with one attached hydrogen (secondary N) is 1. The van der Waals surface area contributed by atoms with Gasteiger partial charge in [0.15, 0.2) is 0 Å². The Hall–Kier alpha value is -1.97. The van der Waals surface area contributed by atoms with E-state index in [0.717, 1.165) is 82.0 Å². The molecule has 0 bridgehead atoms. The number of hydrogen-bond donors (Lipinski definition) is 1. The largest absolute Gasteiger partial charge is 0.379 e. The predicted molar refractivity (Wildman–Crippen MR) is 143 cm³/mol. The van der Waals surface area contributed by atoms with Gasteiger partial charge in [0.05, 0.1) is 29.4 Å². The number of benzene rings is 1. The number of carbonyl (C=O) groups is 1. The van der Waals surface area contributed by atoms with Gasteiger partial charge in [-0.15, -0.1) is 0 Å². The average Bonchev–Trinajstić information content (AvgIpc) is 3.77. The van der Waals surface area contributed by atoms with Gasteiger partial charge in [0, 0.05) is 55.5 Å². The van der Waals surface area contributed by atoms with Gasteiger partial charge in [-0.1, -0.05) is 23.2 Å². The number of aromatic nitrogens is 2. The molecule has 1 aromatic heterocycles. The zero-order chi connectivity index (χ0) is 25.5. The first kappa shape index (κ1) is 25.3. The number of piperidine rings is 1. The standard InChI is InChI=1S/C27H33Cl2N5O3/c1-16-24(31-26(17-2-3-17)32-25(16)30-18-4-5-20(28)21(29)14-18)27(35)33-9-6-19(7-10-33)34-11-13-37-23-15-36-12-8-22(23)34/h4-5,14,17,19,22-23H,2-3,6-13,15H2,1H3,(H,30,31,32)/t22-,23+/m0/s1. The monoisotopic (exact) mass is 545 g/mol. The molecule has 1 saturated carbocycles. The summed E-state index contributed by atoms with van der Waals surface area (Å²) in [5.74, 6) is 1.70. The first-order valence-electron chi connectivity index (χ1n) is 13.3. The fourth-order valence-electron chi connectivity index (χ4n) is 5.82. The van der Waals surface area contributed by atoms with Crippen LogP contribution in [-0.4, -0.2) is 83.3 Å². The minimum atomic E-state index is -0.0108. The lowest BCUT2D eigenvalue weighted by atomic mass is 9.95. The third-order valence-corrected chi connectivity index (χ3v) is 8.83. The summed E-state index contributed by atoms with van der Waals surface area (Å²) in [4.78, 5) is 27.9. The fraction of sp³-hybridized carbons (Fsp3) is 0.593. The molecule has 6 rings (SSSR count). The Morgan fingerprint density at radius 2 is 1.84 bits per heavy atom. The zero-order valence-corrected chi connectivity index (χ0v) is 22.6. The summed E-state index contributed by atoms with van der Waals surface area (Å²) in [5.41, 5.74) is 2.02. The number of fused-ring (bicyclic) bond motifs is 1. The number of ether oxygens (including phenoxy) is 2. The summed E-state index contributed by atoms with van der Waals surface area (Å²) < 4.78 is 11.6. The van der Waals surface area contributed by atoms with E-state index >= 15 is 0 Å². The lowest BCUT2D eigenvalue weighted by Crippen LogP contribution is -2.60. The number of nitrogens with zero attached hydrogens (tertiary/aromatic N) is 4. The van der Waals surface area contributed by atoms with Crippen LogP contribution in [0.4, 0.5) is 11.5 Å². The Labute approximate surface area is 227 Å². The molecule has 10 heteroatoms. The Balaban J connectivity index is 1.18. The molecule has 2 atom stereocenters. The molecule has 1 aromatic carbocycles. The number of halogens is 2. The number of rotatable bonds is 5. The number of likely N-dealkylation sites (tertiary alicyclic amines) is 1. The molecule has 3 saturated heterocycles. The second-order valence-corrected chi connectivity index (χ2v) is 11.3. The minimum absolute atomic E-state index is 0.0108. The second-order valence-electron chi connectivity index (χ2n) is 10.5. The Morgan fingerprint density at radius 1 is 1.03 bits per heavy atom. The van der Waals surface area contributed by atoms with Gasteiger partial charge < -0.3 is 19.7 Å². The van der Waals surface area contributed by atoms with Crippen LogP contribution in [0.3, 0.4) is 0 Å². The minimum Gasteiger partial charge on any atom is -0.379 e. The Kier molecular flexibility index (Phi) is 7.29. The van der Waals surface area contributed by atoms with E-state index in [1.54, 1.807) is 12.1 Å². The van der Waals surface area contributed by atoms with Gasteiger partial charge >= 0.3 is 0 Å². The summed E-state index contributed by atoms with van der Waals surface area (Å²) in [5, 5.41) is 4.30. The van der Waals surface area contributed by atoms with Gasteiger partial charge in [0.1, 0.15) is 17.3 Å². The highest BCUT2D eigenvalue weighted by atomic mass is 35.5. The van der Waals surface area contributed by atoms with Crippen molar-refractivity contribution in [1.29, 1.82) is 0 Å². The normalized spacial score (nSPS) is 25.1. The summed E-state index contributed by atoms with van der Waals surface area (Å²) in [6, 6.07) is 6.27. The van der Waals surface area contributed by atoms with Crippen LogP contribution >= 0.6 is 23.2 Å². The van der Waals surface area contributed by atoms with Gasteiger partial charge in [-0.2, -0.15) is 0 Å². The average molecular weight is 546 g/mol. The lowest BCUT2D eigenvalue weighted by molar-refractivity contribution is -0.148. The lowest BCUT2D eigenvalue weighted by Gasteiger charge is -2.49. The van der Waals surface area contributed by atoms with E-state index in [2.05, 4.69) is 10.2 Å². The van der Waals surface area contributed by atoms with Crippen LogP contribution in [0.1, 0.15) is 59.9 Å². The van der Waals surface area contributed by atoms with E-state index in [1.807, 2.05) is 17.9 Å². The van der Waals surface area contributed by atoms with Crippen LogP contribution in [0.15, 0.2) is 18.2 Å². The molecule has 198 valence electrons. The molecule has 4 aliphatic rings. The van der Waals surface area contributed by atoms with Crippen molar-refractivity contribution in [2.24, 2.45) is 0 Å². The van der Waals surface area contributed by atoms with E-state index in [-0.39, 0.29) is 12.0 Å². The van der Waals surface area contributed by atoms with Gasteiger partial charge in [-0.25, -0.2) is 9.97 Å². The highest BCUT2D eigenvalue weighted by molar-refractivity contribution is 6.42. The van der Waals surface area contributed by atoms with E-state index in [0.29, 0.717) is 46.2 Å². The first-order chi connectivity index (χ1) is 18.0. The van der Waals surface area contributed by atoms with Crippen LogP contribution in [0.2, 0.25) is 10.0 Å². The molecule has 8 nitrogen and oxygen atoms in total. The SMILES string of the molecule is Cc1c(Nc2ccc(Cl)c(Cl)c2)nc(C2CC2)nc1C(=O)N1CCC(N2CCO[C@@H]3COCC[C@@H]32)CC1. The third-order valence-electron chi connectivity index (χ3n) is 8.09. The van der Waals surface area contributed by atoms with Crippen molar-refractivity contribution in [1.82, 2.24) is 19.8 Å². The molecule has 0 spiro atoms. The maximum absolute atomic E-state index is 13.7. The first-order valence-corrected chi connectivity index (χ1v) is 14.1. The zero-order valence-electron chi connectivity index (χ0n) is 21.1. The van der Waals surface area contributed by atoms with Gasteiger partial charge in [0.2, 0.25) is 0 Å². The molecule has 1 N–H and O–H groups in total. The van der Waals surface area contributed by atoms with Crippen LogP contribution in [-0.2, 0) is 9.47 Å². The molecule has 0 radical (unpaired) electrons. The van der Waals surface area contributed by atoms with Crippen molar-refractivity contribution >= 4 is 40.6 Å². The molecule has 4 fully saturated rings. The van der Waals surface area contributed by atoms with Crippen LogP contribution in [0.5, 0.6) is 0 Å². The molecule has 4 heterocycles. The summed E-state index contributed by atoms with van der Waals surface area (Å²) in [7, 11) is 0. The smallest absolute Gasteiger partial charge is 0.272 e. The number of carbonyl (C=O) groups excluding carboxylic acids is 1. The van der Waals surface area contributed by atoms with Crippen LogP contribution in [0.25, 0.3) is 0 Å². The summed E-state index contributed by atoms with van der Waals surface area (Å²) in [6.07, 6.45) is 5.23. The highest BCUT2D eigenvalue weighted by Crippen LogP contribution is 2.39. The van der Waals surface area contributed by atoms with E-state index in [9.17, 15) is 4.79 Å². The molecule has 1 aliphatic carbocycles. The summed E-state index contributed by atoms with van der Waals surface area (Å²) >= 11 is 12.3. The van der Waals surface area contributed by atoms with Crippen molar-refractivity contribution in [3.8, 4) is 0 Å². The quantitative estimate of drug-likeness (QED) is 0.577. The third kappa shape index (κ3) is 5.32. The van der Waals surface area contributed by atoms with E-state index in [4.69, 9.17) is 42.6 Å². The van der Waals surface area contributed by atoms with Crippen LogP contribution in [0, 0.1) is 6.92 Å².